The van der Waals surface area contributed by atoms with Gasteiger partial charge in [-0.1, -0.05) is 25.1 Å². The lowest BCUT2D eigenvalue weighted by Crippen LogP contribution is -2.46. The summed E-state index contributed by atoms with van der Waals surface area (Å²) in [5.74, 6) is 0.928. The van der Waals surface area contributed by atoms with Crippen molar-refractivity contribution < 1.29 is 4.79 Å². The number of rotatable bonds is 6. The molecule has 2 heterocycles. The Morgan fingerprint density at radius 3 is 2.36 bits per heavy atom. The lowest BCUT2D eigenvalue weighted by Gasteiger charge is -2.34. The van der Waals surface area contributed by atoms with Gasteiger partial charge in [-0.15, -0.1) is 24.8 Å². The van der Waals surface area contributed by atoms with Crippen molar-refractivity contribution in [2.24, 2.45) is 0 Å². The van der Waals surface area contributed by atoms with Gasteiger partial charge in [-0.3, -0.25) is 4.79 Å². The third-order valence-corrected chi connectivity index (χ3v) is 4.96. The summed E-state index contributed by atoms with van der Waals surface area (Å²) >= 11 is 0. The summed E-state index contributed by atoms with van der Waals surface area (Å²) in [6, 6.07) is 14.2. The molecule has 0 radical (unpaired) electrons. The van der Waals surface area contributed by atoms with Crippen molar-refractivity contribution in [2.45, 2.75) is 32.2 Å². The number of nitrogens with zero attached hydrogens (tertiary/aromatic N) is 3. The molecule has 0 unspecified atom stereocenters. The van der Waals surface area contributed by atoms with Gasteiger partial charge in [0.15, 0.2) is 0 Å². The first-order valence-corrected chi connectivity index (χ1v) is 9.47. The number of halogens is 2. The minimum Gasteiger partial charge on any atom is -0.336 e. The van der Waals surface area contributed by atoms with Crippen LogP contribution in [0.4, 0.5) is 11.5 Å². The van der Waals surface area contributed by atoms with E-state index in [2.05, 4.69) is 17.2 Å². The molecule has 1 aromatic heterocycles. The molecule has 1 saturated heterocycles. The molecule has 2 aromatic rings. The lowest BCUT2D eigenvalue weighted by molar-refractivity contribution is 0.0642. The van der Waals surface area contributed by atoms with Crippen LogP contribution in [0.2, 0.25) is 0 Å². The second-order valence-corrected chi connectivity index (χ2v) is 6.78. The SMILES string of the molecule is CCCN(C(=O)c1ccc(N(C)c2ccccc2)nc1)C1CCNCC1.Cl.Cl. The summed E-state index contributed by atoms with van der Waals surface area (Å²) in [4.78, 5) is 21.6. The summed E-state index contributed by atoms with van der Waals surface area (Å²) < 4.78 is 0. The Hall–Kier alpha value is -1.82. The number of nitrogens with one attached hydrogen (secondary N) is 1. The summed E-state index contributed by atoms with van der Waals surface area (Å²) in [5, 5.41) is 3.37. The molecule has 1 N–H and O–H groups in total. The normalized spacial score (nSPS) is 13.8. The number of benzene rings is 1. The number of pyridine rings is 1. The molecule has 1 fully saturated rings. The summed E-state index contributed by atoms with van der Waals surface area (Å²) in [6.07, 6.45) is 4.72. The number of carbonyl (C=O) groups is 1. The monoisotopic (exact) mass is 424 g/mol. The fourth-order valence-corrected chi connectivity index (χ4v) is 3.47. The van der Waals surface area contributed by atoms with Gasteiger partial charge in [-0.25, -0.2) is 4.98 Å². The van der Waals surface area contributed by atoms with Crippen LogP contribution in [-0.2, 0) is 0 Å². The molecular formula is C21H30Cl2N4O. The maximum atomic E-state index is 13.0. The lowest BCUT2D eigenvalue weighted by atomic mass is 10.0. The molecule has 1 amide bonds. The van der Waals surface area contributed by atoms with Gasteiger partial charge in [0, 0.05) is 31.5 Å². The van der Waals surface area contributed by atoms with Crippen molar-refractivity contribution in [3.63, 3.8) is 0 Å². The molecular weight excluding hydrogens is 395 g/mol. The summed E-state index contributed by atoms with van der Waals surface area (Å²) in [5.41, 5.74) is 1.74. The zero-order valence-corrected chi connectivity index (χ0v) is 18.1. The highest BCUT2D eigenvalue weighted by Crippen LogP contribution is 2.22. The van der Waals surface area contributed by atoms with Crippen molar-refractivity contribution >= 4 is 42.2 Å². The van der Waals surface area contributed by atoms with E-state index in [-0.39, 0.29) is 30.7 Å². The minimum absolute atomic E-state index is 0. The van der Waals surface area contributed by atoms with Gasteiger partial charge >= 0.3 is 0 Å². The third kappa shape index (κ3) is 5.84. The molecule has 7 heteroatoms. The van der Waals surface area contributed by atoms with Gasteiger partial charge in [0.1, 0.15) is 5.82 Å². The van der Waals surface area contributed by atoms with Gasteiger partial charge in [-0.05, 0) is 56.6 Å². The van der Waals surface area contributed by atoms with Crippen molar-refractivity contribution in [2.75, 3.05) is 31.6 Å². The zero-order chi connectivity index (χ0) is 18.4. The molecule has 1 aliphatic heterocycles. The molecule has 5 nitrogen and oxygen atoms in total. The van der Waals surface area contributed by atoms with Gasteiger partial charge in [0.25, 0.3) is 5.91 Å². The van der Waals surface area contributed by atoms with Crippen molar-refractivity contribution in [1.29, 1.82) is 0 Å². The Morgan fingerprint density at radius 2 is 1.79 bits per heavy atom. The van der Waals surface area contributed by atoms with E-state index in [1.807, 2.05) is 59.3 Å². The molecule has 1 aromatic carbocycles. The highest BCUT2D eigenvalue weighted by molar-refractivity contribution is 5.94. The van der Waals surface area contributed by atoms with Crippen LogP contribution in [-0.4, -0.2) is 48.5 Å². The fourth-order valence-electron chi connectivity index (χ4n) is 3.47. The Labute approximate surface area is 180 Å². The van der Waals surface area contributed by atoms with E-state index in [1.54, 1.807) is 6.20 Å². The van der Waals surface area contributed by atoms with Crippen LogP contribution in [0.3, 0.4) is 0 Å². The number of hydrogen-bond donors (Lipinski definition) is 1. The standard InChI is InChI=1S/C21H28N4O.2ClH/c1-3-15-25(19-11-13-22-14-12-19)21(26)17-9-10-20(23-16-17)24(2)18-7-5-4-6-8-18;;/h4-10,16,19,22H,3,11-15H2,1-2H3;2*1H. The molecule has 0 saturated carbocycles. The van der Waals surface area contributed by atoms with E-state index in [9.17, 15) is 4.79 Å². The Balaban J connectivity index is 0.00000196. The Kier molecular flexibility index (Phi) is 10.3. The Morgan fingerprint density at radius 1 is 1.11 bits per heavy atom. The molecule has 3 rings (SSSR count). The second kappa shape index (κ2) is 11.9. The molecule has 28 heavy (non-hydrogen) atoms. The molecule has 0 bridgehead atoms. The van der Waals surface area contributed by atoms with Crippen LogP contribution >= 0.6 is 24.8 Å². The predicted molar refractivity (Wildman–Crippen MR) is 120 cm³/mol. The van der Waals surface area contributed by atoms with Crippen molar-refractivity contribution in [3.05, 3.63) is 54.2 Å². The first-order valence-electron chi connectivity index (χ1n) is 9.47. The van der Waals surface area contributed by atoms with Crippen LogP contribution < -0.4 is 10.2 Å². The van der Waals surface area contributed by atoms with Crippen molar-refractivity contribution in [1.82, 2.24) is 15.2 Å². The van der Waals surface area contributed by atoms with Gasteiger partial charge in [-0.2, -0.15) is 0 Å². The molecule has 0 aliphatic carbocycles. The minimum atomic E-state index is 0. The van der Waals surface area contributed by atoms with E-state index in [0.29, 0.717) is 11.6 Å². The van der Waals surface area contributed by atoms with Crippen LogP contribution in [0.5, 0.6) is 0 Å². The quantitative estimate of drug-likeness (QED) is 0.750. The van der Waals surface area contributed by atoms with Gasteiger partial charge in [0.05, 0.1) is 5.56 Å². The largest absolute Gasteiger partial charge is 0.336 e. The number of amides is 1. The van der Waals surface area contributed by atoms with Crippen molar-refractivity contribution in [3.8, 4) is 0 Å². The number of carbonyl (C=O) groups excluding carboxylic acids is 1. The first-order chi connectivity index (χ1) is 12.7. The van der Waals surface area contributed by atoms with Gasteiger partial charge < -0.3 is 15.1 Å². The molecule has 0 spiro atoms. The highest BCUT2D eigenvalue weighted by Gasteiger charge is 2.25. The van der Waals surface area contributed by atoms with Gasteiger partial charge in [0.2, 0.25) is 0 Å². The maximum Gasteiger partial charge on any atom is 0.255 e. The molecule has 0 atom stereocenters. The predicted octanol–water partition coefficient (Wildman–Crippen LogP) is 4.30. The van der Waals surface area contributed by atoms with Crippen LogP contribution in [0.15, 0.2) is 48.7 Å². The average Bonchev–Trinajstić information content (AvgIpc) is 2.72. The van der Waals surface area contributed by atoms with Crippen LogP contribution in [0, 0.1) is 0 Å². The van der Waals surface area contributed by atoms with Crippen LogP contribution in [0.1, 0.15) is 36.5 Å². The highest BCUT2D eigenvalue weighted by atomic mass is 35.5. The fraction of sp³-hybridized carbons (Fsp3) is 0.429. The van der Waals surface area contributed by atoms with Crippen LogP contribution in [0.25, 0.3) is 0 Å². The zero-order valence-electron chi connectivity index (χ0n) is 16.5. The number of hydrogen-bond acceptors (Lipinski definition) is 4. The van der Waals surface area contributed by atoms with E-state index in [4.69, 9.17) is 0 Å². The van der Waals surface area contributed by atoms with E-state index in [1.165, 1.54) is 0 Å². The van der Waals surface area contributed by atoms with E-state index >= 15 is 0 Å². The second-order valence-electron chi connectivity index (χ2n) is 6.78. The first kappa shape index (κ1) is 24.2. The number of para-hydroxylation sites is 1. The number of aromatic nitrogens is 1. The number of anilines is 2. The molecule has 1 aliphatic rings. The third-order valence-electron chi connectivity index (χ3n) is 4.96. The molecule has 154 valence electrons. The van der Waals surface area contributed by atoms with E-state index < -0.39 is 0 Å². The van der Waals surface area contributed by atoms with E-state index in [0.717, 1.165) is 50.4 Å². The summed E-state index contributed by atoms with van der Waals surface area (Å²) in [6.45, 7) is 4.89. The smallest absolute Gasteiger partial charge is 0.255 e. The Bertz CT molecular complexity index is 706. The topological polar surface area (TPSA) is 48.5 Å². The number of piperidine rings is 1. The average molecular weight is 425 g/mol. The summed E-state index contributed by atoms with van der Waals surface area (Å²) in [7, 11) is 1.98. The maximum absolute atomic E-state index is 13.0.